The first-order valence-corrected chi connectivity index (χ1v) is 15.6. The minimum atomic E-state index is -4.49. The lowest BCUT2D eigenvalue weighted by atomic mass is 9.99. The summed E-state index contributed by atoms with van der Waals surface area (Å²) in [6, 6.07) is 29.6. The highest BCUT2D eigenvalue weighted by atomic mass is 32.2. The van der Waals surface area contributed by atoms with Crippen LogP contribution in [0.5, 0.6) is 5.75 Å². The predicted octanol–water partition coefficient (Wildman–Crippen LogP) is 6.42. The predicted molar refractivity (Wildman–Crippen MR) is 173 cm³/mol. The highest BCUT2D eigenvalue weighted by Crippen LogP contribution is 2.43. The number of sulfone groups is 1. The lowest BCUT2D eigenvalue weighted by Gasteiger charge is -2.27. The number of aryl methyl sites for hydroxylation is 1. The van der Waals surface area contributed by atoms with Gasteiger partial charge in [-0.3, -0.25) is 9.59 Å². The molecule has 5 aromatic rings. The molecule has 0 radical (unpaired) electrons. The first-order valence-electron chi connectivity index (χ1n) is 14.1. The van der Waals surface area contributed by atoms with E-state index in [1.807, 2.05) is 62.4 Å². The molecule has 0 spiro atoms. The third-order valence-corrected chi connectivity index (χ3v) is 9.20. The second-order valence-corrected chi connectivity index (χ2v) is 12.5. The molecule has 0 aliphatic carbocycles. The summed E-state index contributed by atoms with van der Waals surface area (Å²) in [7, 11) is -1.17. The van der Waals surface area contributed by atoms with Gasteiger partial charge in [-0.2, -0.15) is 0 Å². The van der Waals surface area contributed by atoms with Gasteiger partial charge >= 0.3 is 0 Å². The van der Waals surface area contributed by atoms with Crippen LogP contribution >= 0.6 is 0 Å². The van der Waals surface area contributed by atoms with E-state index < -0.39 is 26.0 Å². The monoisotopic (exact) mass is 607 g/mol. The number of pyridine rings is 1. The Morgan fingerprint density at radius 2 is 1.50 bits per heavy atom. The van der Waals surface area contributed by atoms with Crippen molar-refractivity contribution in [3.63, 3.8) is 0 Å². The number of aromatic nitrogens is 1. The van der Waals surface area contributed by atoms with Crippen LogP contribution in [0.3, 0.4) is 0 Å². The number of rotatable bonds is 8. The number of amides is 1. The summed E-state index contributed by atoms with van der Waals surface area (Å²) in [6.07, 6.45) is 0. The molecule has 5 rings (SSSR count). The van der Waals surface area contributed by atoms with Crippen LogP contribution < -0.4 is 10.5 Å². The molecule has 224 valence electrons. The van der Waals surface area contributed by atoms with Crippen LogP contribution in [0.25, 0.3) is 22.4 Å². The average molecular weight is 608 g/mol. The van der Waals surface area contributed by atoms with Crippen molar-refractivity contribution in [1.82, 2.24) is 9.88 Å². The molecule has 0 saturated heterocycles. The SMILES string of the molecule is CCN(c1ccccc1)c1c(-c2cccc(C)c2)[nH]c(=O)c(S(=O)(=O)c2ccc(-c3ccccc3C(=O)N(C)C)cc2)c1O. The molecule has 0 fully saturated rings. The third kappa shape index (κ3) is 5.61. The fourth-order valence-corrected chi connectivity index (χ4v) is 6.63. The lowest BCUT2D eigenvalue weighted by Crippen LogP contribution is -2.24. The summed E-state index contributed by atoms with van der Waals surface area (Å²) in [4.78, 5) is 31.4. The van der Waals surface area contributed by atoms with Crippen LogP contribution in [-0.2, 0) is 9.84 Å². The largest absolute Gasteiger partial charge is 0.504 e. The zero-order valence-electron chi connectivity index (χ0n) is 24.9. The number of carbonyl (C=O) groups excluding carboxylic acids is 1. The fraction of sp³-hybridized carbons (Fsp3) is 0.143. The highest BCUT2D eigenvalue weighted by molar-refractivity contribution is 7.91. The summed E-state index contributed by atoms with van der Waals surface area (Å²) in [5.41, 5.74) is 3.56. The smallest absolute Gasteiger partial charge is 0.271 e. The van der Waals surface area contributed by atoms with Gasteiger partial charge in [-0.1, -0.05) is 72.3 Å². The standard InChI is InChI=1S/C35H33N3O5S/c1-5-38(26-14-7-6-8-15-26)31-30(25-13-11-12-23(2)22-25)36-34(40)33(32(31)39)44(42,43)27-20-18-24(19-21-27)28-16-9-10-17-29(28)35(41)37(3)4/h6-22H,5H2,1-4H3,(H2,36,39,40). The van der Waals surface area contributed by atoms with Gasteiger partial charge in [0, 0.05) is 37.5 Å². The highest BCUT2D eigenvalue weighted by Gasteiger charge is 2.32. The normalized spacial score (nSPS) is 11.3. The number of anilines is 2. The van der Waals surface area contributed by atoms with Gasteiger partial charge in [-0.15, -0.1) is 0 Å². The molecule has 0 aliphatic rings. The molecule has 0 bridgehead atoms. The molecular formula is C35H33N3O5S. The molecule has 4 aromatic carbocycles. The van der Waals surface area contributed by atoms with E-state index in [9.17, 15) is 23.1 Å². The van der Waals surface area contributed by atoms with Crippen molar-refractivity contribution in [2.75, 3.05) is 25.5 Å². The number of benzene rings is 4. The fourth-order valence-electron chi connectivity index (χ4n) is 5.26. The number of hydrogen-bond donors (Lipinski definition) is 2. The Hall–Kier alpha value is -5.15. The number of hydrogen-bond acceptors (Lipinski definition) is 6. The van der Waals surface area contributed by atoms with Crippen LogP contribution in [0.4, 0.5) is 11.4 Å². The van der Waals surface area contributed by atoms with Crippen LogP contribution in [0.15, 0.2) is 118 Å². The maximum absolute atomic E-state index is 14.0. The van der Waals surface area contributed by atoms with Crippen molar-refractivity contribution in [3.8, 4) is 28.1 Å². The number of H-pyrrole nitrogens is 1. The Morgan fingerprint density at radius 1 is 0.841 bits per heavy atom. The van der Waals surface area contributed by atoms with Crippen molar-refractivity contribution in [2.24, 2.45) is 0 Å². The Balaban J connectivity index is 1.68. The van der Waals surface area contributed by atoms with E-state index in [0.29, 0.717) is 40.2 Å². The maximum Gasteiger partial charge on any atom is 0.271 e. The lowest BCUT2D eigenvalue weighted by molar-refractivity contribution is 0.0828. The summed E-state index contributed by atoms with van der Waals surface area (Å²) >= 11 is 0. The van der Waals surface area contributed by atoms with Crippen molar-refractivity contribution in [2.45, 2.75) is 23.6 Å². The van der Waals surface area contributed by atoms with Gasteiger partial charge in [0.15, 0.2) is 10.6 Å². The number of carbonyl (C=O) groups is 1. The number of nitrogens with one attached hydrogen (secondary N) is 1. The van der Waals surface area contributed by atoms with Gasteiger partial charge in [-0.05, 0) is 61.4 Å². The molecule has 44 heavy (non-hydrogen) atoms. The topological polar surface area (TPSA) is 111 Å². The summed E-state index contributed by atoms with van der Waals surface area (Å²) in [5.74, 6) is -0.823. The Labute approximate surface area is 256 Å². The maximum atomic E-state index is 14.0. The number of aromatic hydroxyl groups is 1. The minimum absolute atomic E-state index is 0.171. The molecule has 0 atom stereocenters. The van der Waals surface area contributed by atoms with Crippen molar-refractivity contribution >= 4 is 27.1 Å². The molecule has 1 heterocycles. The second-order valence-electron chi connectivity index (χ2n) is 10.6. The van der Waals surface area contributed by atoms with Gasteiger partial charge < -0.3 is 19.9 Å². The van der Waals surface area contributed by atoms with E-state index in [4.69, 9.17) is 0 Å². The molecule has 0 saturated carbocycles. The van der Waals surface area contributed by atoms with E-state index in [1.54, 1.807) is 61.5 Å². The van der Waals surface area contributed by atoms with Gasteiger partial charge in [0.25, 0.3) is 11.5 Å². The van der Waals surface area contributed by atoms with Crippen LogP contribution in [0, 0.1) is 6.92 Å². The molecule has 8 nitrogen and oxygen atoms in total. The Bertz CT molecular complexity index is 2000. The Kier molecular flexibility index (Phi) is 8.42. The van der Waals surface area contributed by atoms with Gasteiger partial charge in [-0.25, -0.2) is 8.42 Å². The summed E-state index contributed by atoms with van der Waals surface area (Å²) in [6.45, 7) is 4.16. The van der Waals surface area contributed by atoms with E-state index >= 15 is 0 Å². The molecule has 0 unspecified atom stereocenters. The van der Waals surface area contributed by atoms with Crippen molar-refractivity contribution < 1.29 is 18.3 Å². The molecule has 0 aliphatic heterocycles. The average Bonchev–Trinajstić information content (AvgIpc) is 3.02. The zero-order valence-corrected chi connectivity index (χ0v) is 25.7. The van der Waals surface area contributed by atoms with Gasteiger partial charge in [0.1, 0.15) is 5.69 Å². The molecule has 2 N–H and O–H groups in total. The second kappa shape index (κ2) is 12.2. The molecule has 9 heteroatoms. The van der Waals surface area contributed by atoms with Gasteiger partial charge in [0.05, 0.1) is 10.6 Å². The van der Waals surface area contributed by atoms with E-state index in [-0.39, 0.29) is 16.5 Å². The Morgan fingerprint density at radius 3 is 2.14 bits per heavy atom. The minimum Gasteiger partial charge on any atom is -0.504 e. The van der Waals surface area contributed by atoms with Crippen LogP contribution in [0.1, 0.15) is 22.8 Å². The van der Waals surface area contributed by atoms with Crippen molar-refractivity contribution in [1.29, 1.82) is 0 Å². The zero-order chi connectivity index (χ0) is 31.6. The quantitative estimate of drug-likeness (QED) is 0.211. The number of nitrogens with zero attached hydrogens (tertiary/aromatic N) is 2. The van der Waals surface area contributed by atoms with E-state index in [0.717, 1.165) is 5.56 Å². The number of aromatic amines is 1. The summed E-state index contributed by atoms with van der Waals surface area (Å²) in [5, 5.41) is 11.7. The molecule has 1 aromatic heterocycles. The molecular weight excluding hydrogens is 574 g/mol. The number of para-hydroxylation sites is 1. The van der Waals surface area contributed by atoms with Gasteiger partial charge in [0.2, 0.25) is 9.84 Å². The molecule has 1 amide bonds. The van der Waals surface area contributed by atoms with E-state index in [2.05, 4.69) is 4.98 Å². The van der Waals surface area contributed by atoms with Crippen molar-refractivity contribution in [3.05, 3.63) is 125 Å². The first-order chi connectivity index (χ1) is 21.0. The van der Waals surface area contributed by atoms with Crippen LogP contribution in [-0.4, -0.2) is 50.0 Å². The van der Waals surface area contributed by atoms with Crippen LogP contribution in [0.2, 0.25) is 0 Å². The van der Waals surface area contributed by atoms with E-state index in [1.165, 1.54) is 17.0 Å². The summed E-state index contributed by atoms with van der Waals surface area (Å²) < 4.78 is 28.1. The third-order valence-electron chi connectivity index (χ3n) is 7.39. The first kappa shape index (κ1) is 30.3.